The molecule has 5 aromatic carbocycles. The lowest BCUT2D eigenvalue weighted by Crippen LogP contribution is -2.36. The monoisotopic (exact) mass is 584 g/mol. The van der Waals surface area contributed by atoms with E-state index < -0.39 is 0 Å². The second-order valence-electron chi connectivity index (χ2n) is 13.4. The molecule has 44 heavy (non-hydrogen) atoms. The zero-order valence-electron chi connectivity index (χ0n) is 25.5. The third kappa shape index (κ3) is 4.08. The highest BCUT2D eigenvalue weighted by Crippen LogP contribution is 2.46. The van der Waals surface area contributed by atoms with E-state index in [1.165, 1.54) is 38.5 Å². The molecule has 0 radical (unpaired) electrons. The normalized spacial score (nSPS) is 16.9. The summed E-state index contributed by atoms with van der Waals surface area (Å²) in [7, 11) is 0. The summed E-state index contributed by atoms with van der Waals surface area (Å²) in [4.78, 5) is 4.80. The van der Waals surface area contributed by atoms with E-state index in [2.05, 4.69) is 97.3 Å². The maximum absolute atomic E-state index is 6.81. The van der Waals surface area contributed by atoms with Crippen LogP contribution < -0.4 is 9.80 Å². The molecule has 0 spiro atoms. The Morgan fingerprint density at radius 3 is 1.64 bits per heavy atom. The minimum Gasteiger partial charge on any atom is -0.456 e. The molecule has 2 fully saturated rings. The van der Waals surface area contributed by atoms with Gasteiger partial charge in [-0.1, -0.05) is 32.9 Å². The van der Waals surface area contributed by atoms with Crippen LogP contribution in [0.4, 0.5) is 11.4 Å². The van der Waals surface area contributed by atoms with Gasteiger partial charge in [-0.25, -0.2) is 0 Å². The molecule has 2 aliphatic rings. The molecule has 9 rings (SSSR count). The summed E-state index contributed by atoms with van der Waals surface area (Å²) in [6, 6.07) is 24.7. The second kappa shape index (κ2) is 9.62. The molecule has 6 heteroatoms. The van der Waals surface area contributed by atoms with Crippen LogP contribution in [0.25, 0.3) is 65.4 Å². The van der Waals surface area contributed by atoms with Crippen LogP contribution in [-0.2, 0) is 14.9 Å². The lowest BCUT2D eigenvalue weighted by molar-refractivity contribution is 0.122. The summed E-state index contributed by atoms with van der Waals surface area (Å²) in [6.45, 7) is 13.6. The maximum Gasteiger partial charge on any atom is 0.140 e. The Kier molecular flexibility index (Phi) is 5.72. The summed E-state index contributed by atoms with van der Waals surface area (Å²) >= 11 is 0. The van der Waals surface area contributed by atoms with Crippen LogP contribution in [0.1, 0.15) is 26.3 Å². The molecule has 0 amide bonds. The number of ether oxygens (including phenoxy) is 2. The number of morpholine rings is 2. The van der Waals surface area contributed by atoms with Gasteiger partial charge in [0, 0.05) is 64.7 Å². The zero-order valence-corrected chi connectivity index (χ0v) is 25.5. The standard InChI is InChI=1S/C38H36N2O4/c1-38(2,3)36-35-31-19-24-5-7-28(40-10-14-42-15-11-40)17-26(24)21-33(31)43-34(35)22-30-29-18-23-4-6-27(39-8-12-41-13-9-39)16-25(23)20-32(29)44-37(30)36/h4-7,16-22H,8-15H2,1-3H3. The fraction of sp³-hybridized carbons (Fsp3) is 0.316. The van der Waals surface area contributed by atoms with Gasteiger partial charge in [-0.3, -0.25) is 0 Å². The number of nitrogens with zero attached hydrogens (tertiary/aromatic N) is 2. The third-order valence-electron chi connectivity index (χ3n) is 9.58. The fourth-order valence-electron chi connectivity index (χ4n) is 7.38. The Balaban J connectivity index is 1.25. The molecule has 0 N–H and O–H groups in total. The average molecular weight is 585 g/mol. The van der Waals surface area contributed by atoms with Crippen LogP contribution in [-0.4, -0.2) is 52.6 Å². The van der Waals surface area contributed by atoms with Crippen molar-refractivity contribution in [2.75, 3.05) is 62.4 Å². The SMILES string of the molecule is CC(C)(C)c1c2oc3cc4cc(N5CCOCC5)ccc4cc3c2cc2oc3cc4cc(N5CCOCC5)ccc4cc3c12. The lowest BCUT2D eigenvalue weighted by Gasteiger charge is -2.29. The van der Waals surface area contributed by atoms with Crippen molar-refractivity contribution >= 4 is 76.8 Å². The Morgan fingerprint density at radius 2 is 1.07 bits per heavy atom. The Morgan fingerprint density at radius 1 is 0.523 bits per heavy atom. The number of furan rings is 2. The molecule has 2 saturated heterocycles. The van der Waals surface area contributed by atoms with Crippen LogP contribution in [0.2, 0.25) is 0 Å². The predicted molar refractivity (Wildman–Crippen MR) is 181 cm³/mol. The minimum atomic E-state index is -0.166. The fourth-order valence-corrected chi connectivity index (χ4v) is 7.38. The molecule has 0 aliphatic carbocycles. The first-order valence-electron chi connectivity index (χ1n) is 15.8. The number of fused-ring (bicyclic) bond motifs is 8. The van der Waals surface area contributed by atoms with Gasteiger partial charge in [-0.05, 0) is 81.6 Å². The van der Waals surface area contributed by atoms with Crippen molar-refractivity contribution in [3.8, 4) is 0 Å². The van der Waals surface area contributed by atoms with Crippen molar-refractivity contribution in [3.05, 3.63) is 72.3 Å². The van der Waals surface area contributed by atoms with Crippen LogP contribution in [0, 0.1) is 0 Å². The molecule has 0 unspecified atom stereocenters. The van der Waals surface area contributed by atoms with Gasteiger partial charge in [0.2, 0.25) is 0 Å². The van der Waals surface area contributed by atoms with Gasteiger partial charge in [0.15, 0.2) is 0 Å². The first-order chi connectivity index (χ1) is 21.4. The van der Waals surface area contributed by atoms with Crippen LogP contribution in [0.3, 0.4) is 0 Å². The van der Waals surface area contributed by atoms with Gasteiger partial charge < -0.3 is 28.1 Å². The summed E-state index contributed by atoms with van der Waals surface area (Å²) in [5.41, 5.74) is 7.19. The van der Waals surface area contributed by atoms with Crippen molar-refractivity contribution in [1.29, 1.82) is 0 Å². The Labute approximate surface area is 255 Å². The lowest BCUT2D eigenvalue weighted by atomic mass is 9.82. The van der Waals surface area contributed by atoms with E-state index in [9.17, 15) is 0 Å². The van der Waals surface area contributed by atoms with Gasteiger partial charge in [-0.2, -0.15) is 0 Å². The molecule has 6 nitrogen and oxygen atoms in total. The van der Waals surface area contributed by atoms with E-state index in [1.807, 2.05) is 0 Å². The van der Waals surface area contributed by atoms with Gasteiger partial charge >= 0.3 is 0 Å². The molecular formula is C38H36N2O4. The highest BCUT2D eigenvalue weighted by molar-refractivity contribution is 6.20. The van der Waals surface area contributed by atoms with Gasteiger partial charge in [0.05, 0.1) is 26.4 Å². The van der Waals surface area contributed by atoms with Gasteiger partial charge in [0.1, 0.15) is 22.3 Å². The highest BCUT2D eigenvalue weighted by atomic mass is 16.5. The molecular weight excluding hydrogens is 548 g/mol. The van der Waals surface area contributed by atoms with E-state index in [0.29, 0.717) is 0 Å². The Hall–Kier alpha value is -4.26. The third-order valence-corrected chi connectivity index (χ3v) is 9.58. The van der Waals surface area contributed by atoms with Crippen LogP contribution >= 0.6 is 0 Å². The summed E-state index contributed by atoms with van der Waals surface area (Å²) in [5, 5.41) is 9.32. The molecule has 0 saturated carbocycles. The van der Waals surface area contributed by atoms with Crippen LogP contribution in [0.5, 0.6) is 0 Å². The van der Waals surface area contributed by atoms with E-state index in [1.54, 1.807) is 0 Å². The van der Waals surface area contributed by atoms with E-state index in [-0.39, 0.29) is 5.41 Å². The van der Waals surface area contributed by atoms with E-state index in [0.717, 1.165) is 96.5 Å². The predicted octanol–water partition coefficient (Wildman–Crippen LogP) is 8.76. The molecule has 0 bridgehead atoms. The maximum atomic E-state index is 6.81. The van der Waals surface area contributed by atoms with E-state index in [4.69, 9.17) is 18.3 Å². The quantitative estimate of drug-likeness (QED) is 0.203. The largest absolute Gasteiger partial charge is 0.456 e. The van der Waals surface area contributed by atoms with Crippen molar-refractivity contribution in [2.45, 2.75) is 26.2 Å². The second-order valence-corrected chi connectivity index (χ2v) is 13.4. The first kappa shape index (κ1) is 26.2. The summed E-state index contributed by atoms with van der Waals surface area (Å²) in [6.07, 6.45) is 0. The number of benzene rings is 5. The van der Waals surface area contributed by atoms with Crippen molar-refractivity contribution < 1.29 is 18.3 Å². The summed E-state index contributed by atoms with van der Waals surface area (Å²) in [5.74, 6) is 0. The van der Waals surface area contributed by atoms with E-state index >= 15 is 0 Å². The Bertz CT molecular complexity index is 2210. The van der Waals surface area contributed by atoms with Gasteiger partial charge in [-0.15, -0.1) is 0 Å². The first-order valence-corrected chi connectivity index (χ1v) is 15.8. The average Bonchev–Trinajstić information content (AvgIpc) is 3.57. The minimum absolute atomic E-state index is 0.166. The summed E-state index contributed by atoms with van der Waals surface area (Å²) < 4.78 is 24.6. The number of rotatable bonds is 2. The molecule has 222 valence electrons. The molecule has 0 atom stereocenters. The van der Waals surface area contributed by atoms with Gasteiger partial charge in [0.25, 0.3) is 0 Å². The molecule has 2 aliphatic heterocycles. The topological polar surface area (TPSA) is 51.2 Å². The van der Waals surface area contributed by atoms with Crippen molar-refractivity contribution in [1.82, 2.24) is 0 Å². The zero-order chi connectivity index (χ0) is 29.6. The number of hydrogen-bond acceptors (Lipinski definition) is 6. The number of anilines is 2. The number of hydrogen-bond donors (Lipinski definition) is 0. The van der Waals surface area contributed by atoms with Crippen molar-refractivity contribution in [2.24, 2.45) is 0 Å². The molecule has 4 heterocycles. The molecule has 2 aromatic heterocycles. The van der Waals surface area contributed by atoms with Crippen molar-refractivity contribution in [3.63, 3.8) is 0 Å². The van der Waals surface area contributed by atoms with Crippen LogP contribution in [0.15, 0.2) is 75.6 Å². The molecule has 7 aromatic rings. The smallest absolute Gasteiger partial charge is 0.140 e. The highest BCUT2D eigenvalue weighted by Gasteiger charge is 2.28.